The number of rotatable bonds is 7. The summed E-state index contributed by atoms with van der Waals surface area (Å²) in [5, 5.41) is 10.8. The van der Waals surface area contributed by atoms with Gasteiger partial charge in [0, 0.05) is 25.7 Å². The Morgan fingerprint density at radius 3 is 2.51 bits per heavy atom. The monoisotopic (exact) mass is 712 g/mol. The van der Waals surface area contributed by atoms with Gasteiger partial charge in [-0.15, -0.1) is 0 Å². The molecule has 1 aliphatic heterocycles. The molecule has 35 heavy (non-hydrogen) atoms. The average Bonchev–Trinajstić information content (AvgIpc) is 3.20. The second-order valence-corrected chi connectivity index (χ2v) is 10.1. The molecular formula is C24H15Br2IN2O6. The maximum Gasteiger partial charge on any atom is 0.363 e. The lowest BCUT2D eigenvalue weighted by atomic mass is 10.1. The van der Waals surface area contributed by atoms with Crippen LogP contribution in [0.3, 0.4) is 0 Å². The molecule has 0 unspecified atom stereocenters. The molecule has 0 saturated carbocycles. The lowest BCUT2D eigenvalue weighted by Crippen LogP contribution is -2.05. The number of cyclic esters (lactones) is 1. The molecule has 0 fully saturated rings. The molecule has 11 heteroatoms. The normalized spacial score (nSPS) is 14.0. The third kappa shape index (κ3) is 5.90. The highest BCUT2D eigenvalue weighted by Crippen LogP contribution is 2.38. The fourth-order valence-corrected chi connectivity index (χ4v) is 4.44. The molecule has 8 nitrogen and oxygen atoms in total. The van der Waals surface area contributed by atoms with Crippen molar-refractivity contribution in [3.63, 3.8) is 0 Å². The smallest absolute Gasteiger partial charge is 0.363 e. The Kier molecular flexibility index (Phi) is 7.87. The van der Waals surface area contributed by atoms with Crippen LogP contribution in [0, 0.1) is 13.7 Å². The summed E-state index contributed by atoms with van der Waals surface area (Å²) in [4.78, 5) is 27.1. The molecule has 0 amide bonds. The highest BCUT2D eigenvalue weighted by atomic mass is 127. The largest absolute Gasteiger partial charge is 0.493 e. The SMILES string of the molecule is COc1cc(/C=C2\N=C(c3ccc(I)c(Br)c3)OC2=O)cc(Br)c1OCc1ccc([N+](=O)[O-])cc1. The van der Waals surface area contributed by atoms with Gasteiger partial charge in [-0.05, 0) is 114 Å². The zero-order chi connectivity index (χ0) is 25.1. The quantitative estimate of drug-likeness (QED) is 0.0894. The van der Waals surface area contributed by atoms with Gasteiger partial charge in [-0.2, -0.15) is 0 Å². The van der Waals surface area contributed by atoms with Crippen molar-refractivity contribution in [1.82, 2.24) is 0 Å². The number of nitrogens with zero attached hydrogens (tertiary/aromatic N) is 2. The average molecular weight is 714 g/mol. The highest BCUT2D eigenvalue weighted by Gasteiger charge is 2.25. The Morgan fingerprint density at radius 2 is 1.86 bits per heavy atom. The van der Waals surface area contributed by atoms with Crippen LogP contribution < -0.4 is 9.47 Å². The van der Waals surface area contributed by atoms with Gasteiger partial charge in [-0.25, -0.2) is 9.79 Å². The number of halogens is 3. The molecule has 0 bridgehead atoms. The topological polar surface area (TPSA) is 100 Å². The zero-order valence-corrected chi connectivity index (χ0v) is 23.3. The van der Waals surface area contributed by atoms with Crippen molar-refractivity contribution >= 4 is 78.1 Å². The first-order valence-corrected chi connectivity index (χ1v) is 12.6. The molecule has 0 aromatic heterocycles. The summed E-state index contributed by atoms with van der Waals surface area (Å²) in [6, 6.07) is 15.2. The number of hydrogen-bond acceptors (Lipinski definition) is 7. The predicted octanol–water partition coefficient (Wildman–Crippen LogP) is 6.66. The van der Waals surface area contributed by atoms with E-state index in [1.807, 2.05) is 18.2 Å². The summed E-state index contributed by atoms with van der Waals surface area (Å²) in [7, 11) is 1.51. The molecule has 0 saturated heterocycles. The molecule has 1 aliphatic rings. The summed E-state index contributed by atoms with van der Waals surface area (Å²) >= 11 is 9.15. The Hall–Kier alpha value is -2.77. The standard InChI is InChI=1S/C24H15Br2IN2O6/c1-33-21-10-14(8-18(26)22(21)34-12-13-2-5-16(6-3-13)29(31)32)9-20-24(30)35-23(28-20)15-4-7-19(27)17(25)11-15/h2-11H,12H2,1H3/b20-9-. The minimum absolute atomic E-state index is 0.0100. The number of non-ortho nitro benzene ring substituents is 1. The van der Waals surface area contributed by atoms with Crippen molar-refractivity contribution in [3.05, 3.63) is 99.6 Å². The third-order valence-corrected chi connectivity index (χ3v) is 7.80. The maximum atomic E-state index is 12.4. The number of carbonyl (C=O) groups is 1. The molecule has 4 rings (SSSR count). The van der Waals surface area contributed by atoms with Gasteiger partial charge in [0.1, 0.15) is 6.61 Å². The predicted molar refractivity (Wildman–Crippen MR) is 146 cm³/mol. The fraction of sp³-hybridized carbons (Fsp3) is 0.0833. The molecule has 1 heterocycles. The first-order chi connectivity index (χ1) is 16.7. The molecular weight excluding hydrogens is 699 g/mol. The van der Waals surface area contributed by atoms with Gasteiger partial charge >= 0.3 is 5.97 Å². The summed E-state index contributed by atoms with van der Waals surface area (Å²) in [5.41, 5.74) is 2.26. The second kappa shape index (κ2) is 10.9. The fourth-order valence-electron chi connectivity index (χ4n) is 3.15. The van der Waals surface area contributed by atoms with E-state index in [9.17, 15) is 14.9 Å². The number of esters is 1. The number of nitro benzene ring substituents is 1. The summed E-state index contributed by atoms with van der Waals surface area (Å²) < 4.78 is 19.2. The molecule has 3 aromatic rings. The van der Waals surface area contributed by atoms with Crippen LogP contribution in [0.25, 0.3) is 6.08 Å². The van der Waals surface area contributed by atoms with E-state index in [1.165, 1.54) is 19.2 Å². The lowest BCUT2D eigenvalue weighted by molar-refractivity contribution is -0.384. The number of benzene rings is 3. The number of nitro groups is 1. The number of ether oxygens (including phenoxy) is 3. The lowest BCUT2D eigenvalue weighted by Gasteiger charge is -2.13. The second-order valence-electron chi connectivity index (χ2n) is 7.21. The van der Waals surface area contributed by atoms with E-state index < -0.39 is 10.9 Å². The van der Waals surface area contributed by atoms with Crippen molar-refractivity contribution in [2.75, 3.05) is 7.11 Å². The third-order valence-electron chi connectivity index (χ3n) is 4.87. The number of methoxy groups -OCH3 is 1. The van der Waals surface area contributed by atoms with Crippen molar-refractivity contribution in [3.8, 4) is 11.5 Å². The maximum absolute atomic E-state index is 12.4. The van der Waals surface area contributed by atoms with Gasteiger partial charge in [0.25, 0.3) is 5.69 Å². The summed E-state index contributed by atoms with van der Waals surface area (Å²) in [6.45, 7) is 0.180. The first kappa shape index (κ1) is 25.3. The summed E-state index contributed by atoms with van der Waals surface area (Å²) in [6.07, 6.45) is 1.60. The van der Waals surface area contributed by atoms with Gasteiger partial charge in [-0.1, -0.05) is 0 Å². The van der Waals surface area contributed by atoms with Crippen LogP contribution in [-0.2, 0) is 16.1 Å². The van der Waals surface area contributed by atoms with E-state index in [0.717, 1.165) is 13.6 Å². The first-order valence-electron chi connectivity index (χ1n) is 9.97. The van der Waals surface area contributed by atoms with Crippen molar-refractivity contribution in [2.45, 2.75) is 6.61 Å². The van der Waals surface area contributed by atoms with Gasteiger partial charge in [0.05, 0.1) is 16.5 Å². The van der Waals surface area contributed by atoms with Gasteiger partial charge in [-0.3, -0.25) is 10.1 Å². The Balaban J connectivity index is 1.56. The number of carbonyl (C=O) groups excluding carboxylic acids is 1. The van der Waals surface area contributed by atoms with E-state index >= 15 is 0 Å². The number of aliphatic imine (C=N–C) groups is 1. The van der Waals surface area contributed by atoms with Crippen molar-refractivity contribution in [2.24, 2.45) is 4.99 Å². The Morgan fingerprint density at radius 1 is 1.11 bits per heavy atom. The molecule has 0 radical (unpaired) electrons. The summed E-state index contributed by atoms with van der Waals surface area (Å²) in [5.74, 6) is 0.566. The minimum Gasteiger partial charge on any atom is -0.493 e. The van der Waals surface area contributed by atoms with E-state index in [4.69, 9.17) is 14.2 Å². The molecule has 0 atom stereocenters. The Bertz CT molecular complexity index is 1390. The van der Waals surface area contributed by atoms with Gasteiger partial charge < -0.3 is 14.2 Å². The van der Waals surface area contributed by atoms with Crippen LogP contribution in [0.4, 0.5) is 5.69 Å². The molecule has 178 valence electrons. The number of hydrogen-bond donors (Lipinski definition) is 0. The van der Waals surface area contributed by atoms with Crippen LogP contribution >= 0.6 is 54.5 Å². The minimum atomic E-state index is -0.553. The van der Waals surface area contributed by atoms with Crippen molar-refractivity contribution in [1.29, 1.82) is 0 Å². The van der Waals surface area contributed by atoms with Crippen molar-refractivity contribution < 1.29 is 23.9 Å². The van der Waals surface area contributed by atoms with Crippen LogP contribution in [-0.4, -0.2) is 23.9 Å². The van der Waals surface area contributed by atoms with Crippen LogP contribution in [0.5, 0.6) is 11.5 Å². The van der Waals surface area contributed by atoms with Gasteiger partial charge in [0.15, 0.2) is 17.2 Å². The molecule has 3 aromatic carbocycles. The van der Waals surface area contributed by atoms with E-state index in [1.54, 1.807) is 30.3 Å². The van der Waals surface area contributed by atoms with Crippen LogP contribution in [0.15, 0.2) is 74.2 Å². The molecule has 0 spiro atoms. The Labute approximate surface area is 230 Å². The van der Waals surface area contributed by atoms with Crippen LogP contribution in [0.2, 0.25) is 0 Å². The van der Waals surface area contributed by atoms with E-state index in [0.29, 0.717) is 27.1 Å². The zero-order valence-electron chi connectivity index (χ0n) is 18.0. The van der Waals surface area contributed by atoms with Crippen LogP contribution in [0.1, 0.15) is 16.7 Å². The molecule has 0 N–H and O–H groups in total. The van der Waals surface area contributed by atoms with Gasteiger partial charge in [0.2, 0.25) is 5.90 Å². The van der Waals surface area contributed by atoms with E-state index in [2.05, 4.69) is 59.4 Å². The highest BCUT2D eigenvalue weighted by molar-refractivity contribution is 14.1. The molecule has 0 aliphatic carbocycles. The van der Waals surface area contributed by atoms with E-state index in [-0.39, 0.29) is 23.9 Å².